The number of nitrogens with one attached hydrogen (secondary N) is 2. The van der Waals surface area contributed by atoms with Crippen molar-refractivity contribution >= 4 is 39.7 Å². The van der Waals surface area contributed by atoms with Gasteiger partial charge in [0, 0.05) is 87.7 Å². The van der Waals surface area contributed by atoms with Gasteiger partial charge in [-0.25, -0.2) is 19.3 Å². The van der Waals surface area contributed by atoms with Gasteiger partial charge < -0.3 is 36.2 Å². The van der Waals surface area contributed by atoms with E-state index in [0.717, 1.165) is 101 Å². The van der Waals surface area contributed by atoms with Gasteiger partial charge in [-0.2, -0.15) is 4.98 Å². The van der Waals surface area contributed by atoms with Crippen LogP contribution in [0.25, 0.3) is 16.9 Å². The van der Waals surface area contributed by atoms with Gasteiger partial charge in [0.2, 0.25) is 5.95 Å². The largest absolute Gasteiger partial charge is 0.399 e. The second-order valence-electron chi connectivity index (χ2n) is 20.2. The zero-order valence-electron chi connectivity index (χ0n) is 43.0. The number of hydrogen-bond donors (Lipinski definition) is 4. The zero-order chi connectivity index (χ0) is 52.8. The van der Waals surface area contributed by atoms with E-state index in [4.69, 9.17) is 15.7 Å². The van der Waals surface area contributed by atoms with Gasteiger partial charge in [-0.15, -0.1) is 0 Å². The molecule has 0 amide bonds. The number of nitrogens with zero attached hydrogens (tertiary/aromatic N) is 10. The molecule has 7 aromatic rings. The third-order valence-corrected chi connectivity index (χ3v) is 14.4. The van der Waals surface area contributed by atoms with Gasteiger partial charge in [0.15, 0.2) is 11.5 Å². The van der Waals surface area contributed by atoms with Crippen molar-refractivity contribution in [3.05, 3.63) is 190 Å². The van der Waals surface area contributed by atoms with Crippen molar-refractivity contribution in [1.82, 2.24) is 44.3 Å². The summed E-state index contributed by atoms with van der Waals surface area (Å²) < 4.78 is 3.34. The Labute approximate surface area is 435 Å². The number of hydrogen-bond acceptors (Lipinski definition) is 15. The van der Waals surface area contributed by atoms with E-state index in [-0.39, 0.29) is 26.8 Å². The lowest BCUT2D eigenvalue weighted by molar-refractivity contribution is -0.385. The molecule has 0 spiro atoms. The topological polar surface area (TPSA) is 232 Å². The van der Waals surface area contributed by atoms with E-state index in [1.165, 1.54) is 33.4 Å². The molecule has 0 fully saturated rings. The van der Waals surface area contributed by atoms with Crippen LogP contribution >= 0.6 is 0 Å². The molecular weight excluding hydrogens is 951 g/mol. The Kier molecular flexibility index (Phi) is 15.9. The van der Waals surface area contributed by atoms with E-state index < -0.39 is 5.60 Å². The van der Waals surface area contributed by atoms with Crippen molar-refractivity contribution in [2.45, 2.75) is 83.8 Å². The van der Waals surface area contributed by atoms with Crippen LogP contribution in [-0.2, 0) is 64.0 Å². The number of nitrogen functional groups attached to an aromatic ring is 1. The summed E-state index contributed by atoms with van der Waals surface area (Å²) in [6, 6.07) is 28.3. The van der Waals surface area contributed by atoms with Crippen LogP contribution in [-0.4, -0.2) is 101 Å². The maximum Gasteiger partial charge on any atom is 0.278 e. The van der Waals surface area contributed by atoms with E-state index in [0.29, 0.717) is 47.9 Å². The SMILES string of the molecule is CN1CCc2ccc(N)cc2C1.CN1CCc2ccc(Nc3ncc4c(=O)n5n(c4n3)-c3cccc(n3)[C@](C)(O)CC/C=C\C5)cc2C1.CN1CCc2ccc([N+](=O)[O-])cc2C1.O=[N+]([O-])c1ccc2c(c1)CNCC2. The molecule has 75 heavy (non-hydrogen) atoms. The Bertz CT molecular complexity index is 3330. The number of pyridine rings is 1. The maximum atomic E-state index is 13.3. The predicted molar refractivity (Wildman–Crippen MR) is 291 cm³/mol. The van der Waals surface area contributed by atoms with Gasteiger partial charge >= 0.3 is 0 Å². The number of aliphatic hydroxyl groups is 1. The number of non-ortho nitro benzene ring substituents is 2. The molecule has 0 unspecified atom stereocenters. The van der Waals surface area contributed by atoms with Gasteiger partial charge in [-0.05, 0) is 154 Å². The summed E-state index contributed by atoms with van der Waals surface area (Å²) >= 11 is 0. The molecule has 390 valence electrons. The van der Waals surface area contributed by atoms with Crippen molar-refractivity contribution in [1.29, 1.82) is 0 Å². The van der Waals surface area contributed by atoms with E-state index in [9.17, 15) is 30.1 Å². The number of nitro benzene ring substituents is 2. The number of likely N-dealkylation sites (N-methyl/N-ethyl adjacent to an activating group) is 3. The molecule has 0 saturated heterocycles. The molecule has 8 heterocycles. The second kappa shape index (κ2) is 22.8. The summed E-state index contributed by atoms with van der Waals surface area (Å²) in [6.45, 7) is 9.87. The maximum absolute atomic E-state index is 13.3. The van der Waals surface area contributed by atoms with Crippen LogP contribution in [0.5, 0.6) is 0 Å². The highest BCUT2D eigenvalue weighted by molar-refractivity contribution is 5.77. The first-order valence-corrected chi connectivity index (χ1v) is 25.5. The molecule has 4 aromatic carbocycles. The zero-order valence-corrected chi connectivity index (χ0v) is 43.0. The molecule has 19 nitrogen and oxygen atoms in total. The number of benzene rings is 4. The Morgan fingerprint density at radius 1 is 0.707 bits per heavy atom. The summed E-state index contributed by atoms with van der Waals surface area (Å²) in [6.07, 6.45) is 10.9. The first-order chi connectivity index (χ1) is 36.1. The first kappa shape index (κ1) is 52.2. The number of rotatable bonds is 4. The molecule has 0 radical (unpaired) electrons. The van der Waals surface area contributed by atoms with E-state index in [1.807, 2.05) is 61.7 Å². The standard InChI is InChI=1S/C27H29N7O2.C10H12N2O2.C10H14N2.C9H10N2O2/c1-27(36)12-4-3-5-13-33-25(35)21-16-28-26(31-24(21)34(33)23-8-6-7-22(27)30-23)29-20-10-9-18-11-14-32(2)17-19(18)15-20;1-11-5-4-8-2-3-10(12(13)14)6-9(8)7-11;1-12-5-4-8-2-3-10(11)6-9(8)7-12;12-11(13)9-2-1-7-3-4-10-6-8(7)5-9/h3,5-10,15-16,36H,4,11-14,17H2,1-2H3,(H,28,29,31);2-3,6H,4-5,7H2,1H3;2-3,6H,4-5,7,11H2,1H3;1-2,5,10H,3-4,6H2/b5-3-;;;/t27-;;;/m1.../s1. The van der Waals surface area contributed by atoms with Crippen LogP contribution < -0.4 is 21.9 Å². The Balaban J connectivity index is 0.000000144. The van der Waals surface area contributed by atoms with Crippen molar-refractivity contribution in [3.8, 4) is 5.82 Å². The third-order valence-electron chi connectivity index (χ3n) is 14.4. The van der Waals surface area contributed by atoms with Crippen LogP contribution in [0.1, 0.15) is 70.0 Å². The monoisotopic (exact) mass is 1020 g/mol. The summed E-state index contributed by atoms with van der Waals surface area (Å²) in [5.41, 5.74) is 17.8. The van der Waals surface area contributed by atoms with Crippen molar-refractivity contribution in [2.75, 3.05) is 58.4 Å². The lowest BCUT2D eigenvalue weighted by Crippen LogP contribution is -2.26. The molecule has 3 aromatic heterocycles. The minimum absolute atomic E-state index is 0.183. The number of anilines is 3. The molecule has 12 rings (SSSR count). The van der Waals surface area contributed by atoms with Gasteiger partial charge in [0.25, 0.3) is 16.9 Å². The summed E-state index contributed by atoms with van der Waals surface area (Å²) in [5.74, 6) is 0.928. The molecular formula is C56H65N13O6. The fraction of sp³-hybridized carbons (Fsp3) is 0.357. The van der Waals surface area contributed by atoms with Crippen LogP contribution in [0.15, 0.2) is 114 Å². The highest BCUT2D eigenvalue weighted by atomic mass is 16.6. The number of nitrogens with two attached hydrogens (primary N) is 1. The number of aromatic nitrogens is 5. The molecule has 5 N–H and O–H groups in total. The third kappa shape index (κ3) is 12.5. The predicted octanol–water partition coefficient (Wildman–Crippen LogP) is 7.35. The minimum atomic E-state index is -1.08. The van der Waals surface area contributed by atoms with Crippen LogP contribution in [0.4, 0.5) is 28.7 Å². The minimum Gasteiger partial charge on any atom is -0.399 e. The molecule has 1 atom stereocenters. The van der Waals surface area contributed by atoms with Crippen molar-refractivity contribution < 1.29 is 15.0 Å². The van der Waals surface area contributed by atoms with Gasteiger partial charge in [-0.1, -0.05) is 42.5 Å². The lowest BCUT2D eigenvalue weighted by atomic mass is 9.95. The molecule has 0 aliphatic carbocycles. The summed E-state index contributed by atoms with van der Waals surface area (Å²) in [7, 11) is 6.30. The Morgan fingerprint density at radius 2 is 1.29 bits per heavy atom. The highest BCUT2D eigenvalue weighted by Crippen LogP contribution is 2.29. The van der Waals surface area contributed by atoms with E-state index >= 15 is 0 Å². The summed E-state index contributed by atoms with van der Waals surface area (Å²) in [5, 5.41) is 39.0. The Hall–Kier alpha value is -7.68. The number of allylic oxidation sites excluding steroid dienone is 2. The van der Waals surface area contributed by atoms with Crippen LogP contribution in [0.3, 0.4) is 0 Å². The molecule has 5 aliphatic heterocycles. The van der Waals surface area contributed by atoms with Crippen molar-refractivity contribution in [3.63, 3.8) is 0 Å². The van der Waals surface area contributed by atoms with Gasteiger partial charge in [0.1, 0.15) is 11.0 Å². The van der Waals surface area contributed by atoms with E-state index in [2.05, 4.69) is 68.7 Å². The normalized spacial score (nSPS) is 18.5. The average Bonchev–Trinajstić information content (AvgIpc) is 3.69. The second-order valence-corrected chi connectivity index (χ2v) is 20.2. The molecule has 2 bridgehead atoms. The Morgan fingerprint density at radius 3 is 1.95 bits per heavy atom. The molecule has 0 saturated carbocycles. The number of fused-ring (bicyclic) bond motifs is 10. The van der Waals surface area contributed by atoms with Crippen LogP contribution in [0.2, 0.25) is 0 Å². The summed E-state index contributed by atoms with van der Waals surface area (Å²) in [4.78, 5) is 54.4. The fourth-order valence-electron chi connectivity index (χ4n) is 10.1. The van der Waals surface area contributed by atoms with Gasteiger partial charge in [0.05, 0.1) is 22.1 Å². The van der Waals surface area contributed by atoms with E-state index in [1.54, 1.807) is 46.7 Å². The molecule has 5 aliphatic rings. The molecule has 19 heteroatoms. The quantitative estimate of drug-likeness (QED) is 0.0585. The fourth-order valence-corrected chi connectivity index (χ4v) is 10.1. The van der Waals surface area contributed by atoms with Crippen molar-refractivity contribution in [2.24, 2.45) is 0 Å². The number of nitro groups is 2. The highest BCUT2D eigenvalue weighted by Gasteiger charge is 2.27. The first-order valence-electron chi connectivity index (χ1n) is 25.5. The average molecular weight is 1020 g/mol. The smallest absolute Gasteiger partial charge is 0.278 e. The van der Waals surface area contributed by atoms with Crippen LogP contribution in [0, 0.1) is 20.2 Å². The van der Waals surface area contributed by atoms with Gasteiger partial charge in [-0.3, -0.25) is 25.0 Å². The lowest BCUT2D eigenvalue weighted by Gasteiger charge is -2.25.